The fraction of sp³-hybridized carbons (Fsp3) is 1.00. The van der Waals surface area contributed by atoms with Crippen LogP contribution in [0.15, 0.2) is 0 Å². The Bertz CT molecular complexity index is 239. The number of nitrogens with one attached hydrogen (secondary N) is 1. The molecule has 2 rings (SSSR count). The molecule has 100 valence electrons. The quantitative estimate of drug-likeness (QED) is 0.810. The first kappa shape index (κ1) is 13.4. The van der Waals surface area contributed by atoms with Crippen LogP contribution in [0, 0.1) is 5.41 Å². The van der Waals surface area contributed by atoms with Crippen LogP contribution in [0.1, 0.15) is 59.3 Å². The van der Waals surface area contributed by atoms with Crippen molar-refractivity contribution in [2.24, 2.45) is 5.41 Å². The van der Waals surface area contributed by atoms with Crippen molar-refractivity contribution in [3.63, 3.8) is 0 Å². The monoisotopic (exact) mass is 238 g/mol. The number of rotatable bonds is 4. The van der Waals surface area contributed by atoms with Gasteiger partial charge in [0.2, 0.25) is 0 Å². The molecule has 0 spiro atoms. The van der Waals surface area contributed by atoms with E-state index >= 15 is 0 Å². The summed E-state index contributed by atoms with van der Waals surface area (Å²) in [6.07, 6.45) is 8.24. The van der Waals surface area contributed by atoms with Gasteiger partial charge in [-0.3, -0.25) is 0 Å². The van der Waals surface area contributed by atoms with E-state index in [9.17, 15) is 0 Å². The van der Waals surface area contributed by atoms with E-state index in [1.54, 1.807) is 0 Å². The molecule has 2 heterocycles. The van der Waals surface area contributed by atoms with Crippen LogP contribution >= 0.6 is 0 Å². The van der Waals surface area contributed by atoms with Gasteiger partial charge in [0, 0.05) is 18.6 Å². The first-order chi connectivity index (χ1) is 8.11. The molecule has 0 aromatic carbocycles. The molecule has 0 aromatic rings. The van der Waals surface area contributed by atoms with Crippen molar-refractivity contribution in [3.05, 3.63) is 0 Å². The Morgan fingerprint density at radius 3 is 2.41 bits per heavy atom. The normalized spacial score (nSPS) is 34.1. The van der Waals surface area contributed by atoms with E-state index in [1.807, 2.05) is 0 Å². The maximum Gasteiger partial charge on any atom is 0.0280 e. The first-order valence-corrected chi connectivity index (χ1v) is 7.59. The third-order valence-electron chi connectivity index (χ3n) is 5.30. The summed E-state index contributed by atoms with van der Waals surface area (Å²) in [5, 5.41) is 3.74. The summed E-state index contributed by atoms with van der Waals surface area (Å²) < 4.78 is 0. The molecule has 2 heteroatoms. The molecule has 1 unspecified atom stereocenters. The molecule has 0 aliphatic carbocycles. The SMILES string of the molecule is CCC1(CC)CCN(CC2(C)CCCCN2)C1. The van der Waals surface area contributed by atoms with Gasteiger partial charge < -0.3 is 10.2 Å². The molecule has 0 aromatic heterocycles. The highest BCUT2D eigenvalue weighted by Gasteiger charge is 2.38. The lowest BCUT2D eigenvalue weighted by Crippen LogP contribution is -2.53. The molecule has 1 N–H and O–H groups in total. The highest BCUT2D eigenvalue weighted by Crippen LogP contribution is 2.37. The van der Waals surface area contributed by atoms with E-state index < -0.39 is 0 Å². The number of nitrogens with zero attached hydrogens (tertiary/aromatic N) is 1. The lowest BCUT2D eigenvalue weighted by molar-refractivity contribution is 0.166. The van der Waals surface area contributed by atoms with E-state index in [2.05, 4.69) is 31.0 Å². The topological polar surface area (TPSA) is 15.3 Å². The molecule has 2 nitrogen and oxygen atoms in total. The molecule has 2 aliphatic rings. The fourth-order valence-electron chi connectivity index (χ4n) is 3.74. The Kier molecular flexibility index (Phi) is 4.14. The Morgan fingerprint density at radius 1 is 1.12 bits per heavy atom. The summed E-state index contributed by atoms with van der Waals surface area (Å²) in [6, 6.07) is 0. The highest BCUT2D eigenvalue weighted by atomic mass is 15.2. The molecule has 0 bridgehead atoms. The van der Waals surface area contributed by atoms with Gasteiger partial charge >= 0.3 is 0 Å². The van der Waals surface area contributed by atoms with Crippen LogP contribution in [-0.4, -0.2) is 36.6 Å². The van der Waals surface area contributed by atoms with Crippen molar-refractivity contribution in [2.75, 3.05) is 26.2 Å². The van der Waals surface area contributed by atoms with Crippen molar-refractivity contribution < 1.29 is 0 Å². The molecule has 0 radical (unpaired) electrons. The van der Waals surface area contributed by atoms with E-state index in [1.165, 1.54) is 64.7 Å². The molecule has 2 aliphatic heterocycles. The smallest absolute Gasteiger partial charge is 0.0280 e. The van der Waals surface area contributed by atoms with Gasteiger partial charge in [-0.15, -0.1) is 0 Å². The summed E-state index contributed by atoms with van der Waals surface area (Å²) in [5.41, 5.74) is 1.01. The van der Waals surface area contributed by atoms with Gasteiger partial charge in [0.15, 0.2) is 0 Å². The maximum absolute atomic E-state index is 3.74. The molecule has 0 saturated carbocycles. The number of likely N-dealkylation sites (tertiary alicyclic amines) is 1. The largest absolute Gasteiger partial charge is 0.310 e. The van der Waals surface area contributed by atoms with Crippen LogP contribution in [0.25, 0.3) is 0 Å². The zero-order valence-corrected chi connectivity index (χ0v) is 12.0. The van der Waals surface area contributed by atoms with Crippen LogP contribution in [0.5, 0.6) is 0 Å². The van der Waals surface area contributed by atoms with E-state index in [4.69, 9.17) is 0 Å². The summed E-state index contributed by atoms with van der Waals surface area (Å²) in [4.78, 5) is 2.71. The van der Waals surface area contributed by atoms with Crippen molar-refractivity contribution in [1.29, 1.82) is 0 Å². The van der Waals surface area contributed by atoms with Gasteiger partial charge in [0.1, 0.15) is 0 Å². The lowest BCUT2D eigenvalue weighted by Gasteiger charge is -2.38. The van der Waals surface area contributed by atoms with Crippen LogP contribution in [0.2, 0.25) is 0 Å². The van der Waals surface area contributed by atoms with Crippen LogP contribution in [0.3, 0.4) is 0 Å². The fourth-order valence-corrected chi connectivity index (χ4v) is 3.74. The molecule has 1 atom stereocenters. The number of hydrogen-bond donors (Lipinski definition) is 1. The summed E-state index contributed by atoms with van der Waals surface area (Å²) in [6.45, 7) is 12.3. The predicted molar refractivity (Wildman–Crippen MR) is 74.3 cm³/mol. The molecular weight excluding hydrogens is 208 g/mol. The third kappa shape index (κ3) is 3.03. The van der Waals surface area contributed by atoms with Gasteiger partial charge in [-0.05, 0) is 57.5 Å². The second-order valence-corrected chi connectivity index (χ2v) is 6.61. The minimum Gasteiger partial charge on any atom is -0.310 e. The summed E-state index contributed by atoms with van der Waals surface area (Å²) >= 11 is 0. The van der Waals surface area contributed by atoms with Crippen molar-refractivity contribution in [3.8, 4) is 0 Å². The average molecular weight is 238 g/mol. The number of hydrogen-bond acceptors (Lipinski definition) is 2. The van der Waals surface area contributed by atoms with Gasteiger partial charge in [-0.25, -0.2) is 0 Å². The standard InChI is InChI=1S/C15H30N2/c1-4-15(5-2)9-11-17(13-15)12-14(3)8-6-7-10-16-14/h16H,4-13H2,1-3H3. The molecule has 0 amide bonds. The third-order valence-corrected chi connectivity index (χ3v) is 5.30. The lowest BCUT2D eigenvalue weighted by atomic mass is 9.82. The zero-order chi connectivity index (χ0) is 12.4. The van der Waals surface area contributed by atoms with E-state index in [-0.39, 0.29) is 0 Å². The average Bonchev–Trinajstić information content (AvgIpc) is 2.73. The minimum absolute atomic E-state index is 0.385. The highest BCUT2D eigenvalue weighted by molar-refractivity contribution is 4.94. The summed E-state index contributed by atoms with van der Waals surface area (Å²) in [7, 11) is 0. The molecule has 2 saturated heterocycles. The van der Waals surface area contributed by atoms with Crippen molar-refractivity contribution in [2.45, 2.75) is 64.8 Å². The molecule has 2 fully saturated rings. The Labute approximate surface area is 107 Å². The van der Waals surface area contributed by atoms with Gasteiger partial charge in [-0.1, -0.05) is 20.3 Å². The van der Waals surface area contributed by atoms with Crippen molar-refractivity contribution in [1.82, 2.24) is 10.2 Å². The molecular formula is C15H30N2. The van der Waals surface area contributed by atoms with Crippen LogP contribution in [-0.2, 0) is 0 Å². The van der Waals surface area contributed by atoms with Crippen LogP contribution < -0.4 is 5.32 Å². The Balaban J connectivity index is 1.88. The number of piperidine rings is 1. The Hall–Kier alpha value is -0.0800. The predicted octanol–water partition coefficient (Wildman–Crippen LogP) is 3.03. The molecule has 17 heavy (non-hydrogen) atoms. The van der Waals surface area contributed by atoms with Gasteiger partial charge in [0.05, 0.1) is 0 Å². The van der Waals surface area contributed by atoms with E-state index in [0.717, 1.165) is 0 Å². The summed E-state index contributed by atoms with van der Waals surface area (Å²) in [5.74, 6) is 0. The minimum atomic E-state index is 0.385. The zero-order valence-electron chi connectivity index (χ0n) is 12.0. The van der Waals surface area contributed by atoms with Gasteiger partial charge in [-0.2, -0.15) is 0 Å². The maximum atomic E-state index is 3.74. The second kappa shape index (κ2) is 5.27. The second-order valence-electron chi connectivity index (χ2n) is 6.61. The first-order valence-electron chi connectivity index (χ1n) is 7.59. The van der Waals surface area contributed by atoms with Gasteiger partial charge in [0.25, 0.3) is 0 Å². The van der Waals surface area contributed by atoms with Crippen molar-refractivity contribution >= 4 is 0 Å². The Morgan fingerprint density at radius 2 is 1.88 bits per heavy atom. The van der Waals surface area contributed by atoms with Crippen LogP contribution in [0.4, 0.5) is 0 Å². The van der Waals surface area contributed by atoms with E-state index in [0.29, 0.717) is 11.0 Å².